The van der Waals surface area contributed by atoms with E-state index in [-0.39, 0.29) is 5.75 Å². The molecule has 3 aromatic rings. The predicted octanol–water partition coefficient (Wildman–Crippen LogP) is 4.34. The van der Waals surface area contributed by atoms with Gasteiger partial charge in [0.2, 0.25) is 11.7 Å². The lowest BCUT2D eigenvalue weighted by molar-refractivity contribution is 0.385. The maximum absolute atomic E-state index is 9.25. The molecule has 1 heterocycles. The van der Waals surface area contributed by atoms with Gasteiger partial charge in [0.15, 0.2) is 0 Å². The van der Waals surface area contributed by atoms with Gasteiger partial charge in [0.05, 0.1) is 16.5 Å². The van der Waals surface area contributed by atoms with E-state index in [1.165, 1.54) is 0 Å². The summed E-state index contributed by atoms with van der Waals surface area (Å²) in [5, 5.41) is 14.1. The third kappa shape index (κ3) is 3.17. The fraction of sp³-hybridized carbons (Fsp3) is 0.0667. The van der Waals surface area contributed by atoms with Crippen molar-refractivity contribution >= 4 is 23.2 Å². The van der Waals surface area contributed by atoms with Crippen molar-refractivity contribution in [3.8, 4) is 17.1 Å². The Morgan fingerprint density at radius 1 is 1.00 bits per heavy atom. The van der Waals surface area contributed by atoms with Crippen LogP contribution in [0.15, 0.2) is 47.0 Å². The summed E-state index contributed by atoms with van der Waals surface area (Å²) in [5.74, 6) is 1.17. The highest BCUT2D eigenvalue weighted by Crippen LogP contribution is 2.27. The van der Waals surface area contributed by atoms with Gasteiger partial charge in [-0.1, -0.05) is 40.5 Å². The first-order chi connectivity index (χ1) is 10.1. The highest BCUT2D eigenvalue weighted by Gasteiger charge is 2.10. The Hall–Kier alpha value is -2.04. The molecule has 0 radical (unpaired) electrons. The molecule has 1 N–H and O–H groups in total. The van der Waals surface area contributed by atoms with Crippen molar-refractivity contribution < 1.29 is 9.63 Å². The fourth-order valence-corrected chi connectivity index (χ4v) is 2.17. The molecule has 0 unspecified atom stereocenters. The minimum absolute atomic E-state index is 0.223. The Morgan fingerprint density at radius 3 is 2.48 bits per heavy atom. The number of phenolic OH excluding ortho intramolecular Hbond substituents is 1. The first kappa shape index (κ1) is 13.9. The number of halogens is 2. The van der Waals surface area contributed by atoms with E-state index < -0.39 is 0 Å². The zero-order valence-electron chi connectivity index (χ0n) is 10.8. The number of hydrogen-bond donors (Lipinski definition) is 1. The van der Waals surface area contributed by atoms with Crippen molar-refractivity contribution in [3.63, 3.8) is 0 Å². The second-order valence-corrected chi connectivity index (χ2v) is 5.30. The molecule has 0 fully saturated rings. The molecule has 6 heteroatoms. The molecule has 0 aliphatic carbocycles. The molecule has 0 aliphatic rings. The molecule has 0 amide bonds. The van der Waals surface area contributed by atoms with Crippen LogP contribution >= 0.6 is 23.2 Å². The molecule has 2 aromatic carbocycles. The Bertz CT molecular complexity index is 770. The zero-order chi connectivity index (χ0) is 14.8. The second-order valence-electron chi connectivity index (χ2n) is 4.48. The van der Waals surface area contributed by atoms with Gasteiger partial charge in [-0.3, -0.25) is 0 Å². The highest BCUT2D eigenvalue weighted by atomic mass is 35.5. The smallest absolute Gasteiger partial charge is 0.231 e. The summed E-state index contributed by atoms with van der Waals surface area (Å²) in [5.41, 5.74) is 1.71. The molecule has 0 bridgehead atoms. The van der Waals surface area contributed by atoms with Gasteiger partial charge in [-0.2, -0.15) is 4.98 Å². The third-order valence-electron chi connectivity index (χ3n) is 2.94. The molecule has 21 heavy (non-hydrogen) atoms. The summed E-state index contributed by atoms with van der Waals surface area (Å²) in [6, 6.07) is 12.0. The minimum Gasteiger partial charge on any atom is -0.508 e. The molecule has 4 nitrogen and oxygen atoms in total. The van der Waals surface area contributed by atoms with Crippen LogP contribution in [-0.4, -0.2) is 15.2 Å². The van der Waals surface area contributed by atoms with Gasteiger partial charge < -0.3 is 9.63 Å². The van der Waals surface area contributed by atoms with Crippen LogP contribution in [0.4, 0.5) is 0 Å². The standard InChI is InChI=1S/C15H10Cl2N2O2/c16-12-6-3-10(8-13(12)17)15-18-14(21-19-15)7-9-1-4-11(20)5-2-9/h1-6,8,20H,7H2. The Kier molecular flexibility index (Phi) is 3.82. The second kappa shape index (κ2) is 5.76. The van der Waals surface area contributed by atoms with Crippen molar-refractivity contribution in [3.05, 3.63) is 64.0 Å². The molecule has 0 spiro atoms. The van der Waals surface area contributed by atoms with Gasteiger partial charge in [-0.25, -0.2) is 0 Å². The van der Waals surface area contributed by atoms with Crippen LogP contribution in [0, 0.1) is 0 Å². The highest BCUT2D eigenvalue weighted by molar-refractivity contribution is 6.42. The van der Waals surface area contributed by atoms with Gasteiger partial charge in [0.1, 0.15) is 5.75 Å². The topological polar surface area (TPSA) is 59.2 Å². The average Bonchev–Trinajstić information content (AvgIpc) is 2.93. The molecule has 0 saturated carbocycles. The van der Waals surface area contributed by atoms with Crippen LogP contribution in [0.3, 0.4) is 0 Å². The van der Waals surface area contributed by atoms with Crippen LogP contribution in [0.25, 0.3) is 11.4 Å². The number of hydrogen-bond acceptors (Lipinski definition) is 4. The van der Waals surface area contributed by atoms with Gasteiger partial charge >= 0.3 is 0 Å². The number of nitrogens with zero attached hydrogens (tertiary/aromatic N) is 2. The van der Waals surface area contributed by atoms with Gasteiger partial charge in [0.25, 0.3) is 0 Å². The molecule has 3 rings (SSSR count). The summed E-state index contributed by atoms with van der Waals surface area (Å²) in [7, 11) is 0. The summed E-state index contributed by atoms with van der Waals surface area (Å²) < 4.78 is 5.22. The van der Waals surface area contributed by atoms with E-state index in [2.05, 4.69) is 10.1 Å². The zero-order valence-corrected chi connectivity index (χ0v) is 12.3. The van der Waals surface area contributed by atoms with Gasteiger partial charge in [-0.15, -0.1) is 0 Å². The number of aromatic nitrogens is 2. The van der Waals surface area contributed by atoms with Crippen molar-refractivity contribution in [2.45, 2.75) is 6.42 Å². The molecule has 0 saturated heterocycles. The van der Waals surface area contributed by atoms with E-state index in [1.54, 1.807) is 42.5 Å². The fourth-order valence-electron chi connectivity index (χ4n) is 1.87. The molecule has 0 atom stereocenters. The lowest BCUT2D eigenvalue weighted by Crippen LogP contribution is -1.88. The number of phenols is 1. The van der Waals surface area contributed by atoms with Crippen LogP contribution in [0.2, 0.25) is 10.0 Å². The maximum Gasteiger partial charge on any atom is 0.231 e. The molecular weight excluding hydrogens is 311 g/mol. The SMILES string of the molecule is Oc1ccc(Cc2nc(-c3ccc(Cl)c(Cl)c3)no2)cc1. The lowest BCUT2D eigenvalue weighted by Gasteiger charge is -1.98. The van der Waals surface area contributed by atoms with Crippen LogP contribution < -0.4 is 0 Å². The average molecular weight is 321 g/mol. The largest absolute Gasteiger partial charge is 0.508 e. The predicted molar refractivity (Wildman–Crippen MR) is 80.7 cm³/mol. The minimum atomic E-state index is 0.223. The Morgan fingerprint density at radius 2 is 1.76 bits per heavy atom. The van der Waals surface area contributed by atoms with Crippen LogP contribution in [0.1, 0.15) is 11.5 Å². The Balaban J connectivity index is 1.82. The van der Waals surface area contributed by atoms with Crippen molar-refractivity contribution in [1.82, 2.24) is 10.1 Å². The molecule has 106 valence electrons. The first-order valence-corrected chi connectivity index (χ1v) is 6.93. The van der Waals surface area contributed by atoms with Crippen LogP contribution in [0.5, 0.6) is 5.75 Å². The summed E-state index contributed by atoms with van der Waals surface area (Å²) >= 11 is 11.9. The molecule has 0 aliphatic heterocycles. The number of benzene rings is 2. The maximum atomic E-state index is 9.25. The number of rotatable bonds is 3. The monoisotopic (exact) mass is 320 g/mol. The van der Waals surface area contributed by atoms with Gasteiger partial charge in [0, 0.05) is 5.56 Å². The van der Waals surface area contributed by atoms with E-state index in [4.69, 9.17) is 27.7 Å². The summed E-state index contributed by atoms with van der Waals surface area (Å²) in [6.07, 6.45) is 0.495. The van der Waals surface area contributed by atoms with Crippen LogP contribution in [-0.2, 0) is 6.42 Å². The quantitative estimate of drug-likeness (QED) is 0.779. The van der Waals surface area contributed by atoms with Crippen molar-refractivity contribution in [2.75, 3.05) is 0 Å². The normalized spacial score (nSPS) is 10.8. The van der Waals surface area contributed by atoms with E-state index in [0.29, 0.717) is 28.2 Å². The van der Waals surface area contributed by atoms with Gasteiger partial charge in [-0.05, 0) is 35.9 Å². The first-order valence-electron chi connectivity index (χ1n) is 6.18. The molecular formula is C15H10Cl2N2O2. The Labute approximate surface area is 130 Å². The third-order valence-corrected chi connectivity index (χ3v) is 3.68. The molecule has 1 aromatic heterocycles. The van der Waals surface area contributed by atoms with E-state index in [1.807, 2.05) is 0 Å². The number of aromatic hydroxyl groups is 1. The summed E-state index contributed by atoms with van der Waals surface area (Å²) in [4.78, 5) is 4.33. The summed E-state index contributed by atoms with van der Waals surface area (Å²) in [6.45, 7) is 0. The van der Waals surface area contributed by atoms with Crippen molar-refractivity contribution in [1.29, 1.82) is 0 Å². The van der Waals surface area contributed by atoms with Crippen molar-refractivity contribution in [2.24, 2.45) is 0 Å². The van der Waals surface area contributed by atoms with E-state index in [0.717, 1.165) is 11.1 Å². The lowest BCUT2D eigenvalue weighted by atomic mass is 10.1. The van der Waals surface area contributed by atoms with E-state index in [9.17, 15) is 5.11 Å². The van der Waals surface area contributed by atoms with E-state index >= 15 is 0 Å².